The fraction of sp³-hybridized carbons (Fsp3) is 0.382. The first kappa shape index (κ1) is 28.6. The zero-order chi connectivity index (χ0) is 30.4. The molecule has 9 nitrogen and oxygen atoms in total. The molecule has 9 heteroatoms. The van der Waals surface area contributed by atoms with E-state index in [1.54, 1.807) is 17.0 Å². The first-order valence-corrected chi connectivity index (χ1v) is 14.7. The summed E-state index contributed by atoms with van der Waals surface area (Å²) in [7, 11) is 0. The van der Waals surface area contributed by atoms with Gasteiger partial charge in [0.15, 0.2) is 0 Å². The molecule has 1 aliphatic carbocycles. The molecule has 3 aromatic rings. The van der Waals surface area contributed by atoms with Gasteiger partial charge in [-0.1, -0.05) is 48.5 Å². The van der Waals surface area contributed by atoms with Crippen LogP contribution in [-0.4, -0.2) is 59.1 Å². The van der Waals surface area contributed by atoms with Gasteiger partial charge in [-0.05, 0) is 61.2 Å². The predicted molar refractivity (Wildman–Crippen MR) is 159 cm³/mol. The van der Waals surface area contributed by atoms with Crippen molar-refractivity contribution in [1.29, 1.82) is 0 Å². The largest absolute Gasteiger partial charge is 0.487 e. The SMILES string of the molecule is CC(C)(C)OC(=O)N1CCC2(CC1)CC(NC(=O)OCC1c3ccccc3-c3ccccc31)c1cc(C(=O)O)ccc1O2. The Morgan fingerprint density at radius 1 is 0.953 bits per heavy atom. The summed E-state index contributed by atoms with van der Waals surface area (Å²) in [6.45, 7) is 6.55. The number of alkyl carbamates (subject to hydrolysis) is 1. The van der Waals surface area contributed by atoms with Gasteiger partial charge in [0.05, 0.1) is 11.6 Å². The van der Waals surface area contributed by atoms with E-state index in [-0.39, 0.29) is 24.2 Å². The molecule has 1 unspecified atom stereocenters. The van der Waals surface area contributed by atoms with E-state index in [1.807, 2.05) is 45.0 Å². The van der Waals surface area contributed by atoms with Gasteiger partial charge in [0.25, 0.3) is 0 Å². The lowest BCUT2D eigenvalue weighted by Crippen LogP contribution is -2.54. The van der Waals surface area contributed by atoms with Crippen molar-refractivity contribution >= 4 is 18.2 Å². The predicted octanol–water partition coefficient (Wildman–Crippen LogP) is 6.52. The van der Waals surface area contributed by atoms with E-state index < -0.39 is 29.3 Å². The second kappa shape index (κ2) is 10.9. The van der Waals surface area contributed by atoms with Gasteiger partial charge in [0.2, 0.25) is 0 Å². The van der Waals surface area contributed by atoms with Gasteiger partial charge in [-0.3, -0.25) is 0 Å². The lowest BCUT2D eigenvalue weighted by Gasteiger charge is -2.46. The summed E-state index contributed by atoms with van der Waals surface area (Å²) in [4.78, 5) is 39.4. The molecule has 2 N–H and O–H groups in total. The lowest BCUT2D eigenvalue weighted by atomic mass is 9.80. The van der Waals surface area contributed by atoms with Crippen molar-refractivity contribution < 1.29 is 33.7 Å². The second-order valence-electron chi connectivity index (χ2n) is 12.5. The number of nitrogens with one attached hydrogen (secondary N) is 1. The Labute approximate surface area is 250 Å². The quantitative estimate of drug-likeness (QED) is 0.359. The Hall–Kier alpha value is -4.53. The summed E-state index contributed by atoms with van der Waals surface area (Å²) in [5.41, 5.74) is 4.00. The van der Waals surface area contributed by atoms with Gasteiger partial charge in [-0.25, -0.2) is 14.4 Å². The highest BCUT2D eigenvalue weighted by atomic mass is 16.6. The van der Waals surface area contributed by atoms with Crippen LogP contribution < -0.4 is 10.1 Å². The summed E-state index contributed by atoms with van der Waals surface area (Å²) < 4.78 is 17.9. The molecule has 0 aromatic heterocycles. The Balaban J connectivity index is 1.18. The van der Waals surface area contributed by atoms with Crippen LogP contribution in [0.25, 0.3) is 11.1 Å². The summed E-state index contributed by atoms with van der Waals surface area (Å²) in [6, 6.07) is 20.5. The number of carbonyl (C=O) groups is 3. The Bertz CT molecular complexity index is 1520. The van der Waals surface area contributed by atoms with Crippen LogP contribution in [0.2, 0.25) is 0 Å². The molecular weight excluding hydrogens is 548 g/mol. The third-order valence-corrected chi connectivity index (χ3v) is 8.50. The monoisotopic (exact) mass is 584 g/mol. The van der Waals surface area contributed by atoms with Crippen LogP contribution in [-0.2, 0) is 9.47 Å². The van der Waals surface area contributed by atoms with E-state index in [2.05, 4.69) is 29.6 Å². The first-order valence-electron chi connectivity index (χ1n) is 14.7. The molecule has 2 amide bonds. The van der Waals surface area contributed by atoms with Crippen molar-refractivity contribution in [3.63, 3.8) is 0 Å². The normalized spacial score (nSPS) is 18.6. The van der Waals surface area contributed by atoms with Crippen molar-refractivity contribution in [2.45, 2.75) is 63.2 Å². The number of amides is 2. The number of hydrogen-bond donors (Lipinski definition) is 2. The molecule has 1 fully saturated rings. The molecule has 3 aromatic carbocycles. The Morgan fingerprint density at radius 2 is 1.58 bits per heavy atom. The molecule has 0 bridgehead atoms. The van der Waals surface area contributed by atoms with Gasteiger partial charge >= 0.3 is 18.2 Å². The maximum atomic E-state index is 13.3. The number of likely N-dealkylation sites (tertiary alicyclic amines) is 1. The molecule has 224 valence electrons. The van der Waals surface area contributed by atoms with Crippen LogP contribution >= 0.6 is 0 Å². The zero-order valence-corrected chi connectivity index (χ0v) is 24.6. The van der Waals surface area contributed by atoms with Crippen LogP contribution in [0.4, 0.5) is 9.59 Å². The number of hydrogen-bond acceptors (Lipinski definition) is 6. The number of benzene rings is 3. The van der Waals surface area contributed by atoms with Crippen LogP contribution in [0.15, 0.2) is 66.7 Å². The maximum Gasteiger partial charge on any atom is 0.410 e. The molecule has 43 heavy (non-hydrogen) atoms. The van der Waals surface area contributed by atoms with Gasteiger partial charge in [0, 0.05) is 43.8 Å². The van der Waals surface area contributed by atoms with E-state index in [9.17, 15) is 19.5 Å². The number of carboxylic acid groups (broad SMARTS) is 1. The topological polar surface area (TPSA) is 114 Å². The second-order valence-corrected chi connectivity index (χ2v) is 12.5. The van der Waals surface area contributed by atoms with E-state index in [0.29, 0.717) is 43.7 Å². The first-order chi connectivity index (χ1) is 20.5. The average molecular weight is 585 g/mol. The lowest BCUT2D eigenvalue weighted by molar-refractivity contribution is -0.0343. The van der Waals surface area contributed by atoms with E-state index in [1.165, 1.54) is 6.07 Å². The number of fused-ring (bicyclic) bond motifs is 4. The molecule has 6 rings (SSSR count). The van der Waals surface area contributed by atoms with Crippen molar-refractivity contribution in [2.75, 3.05) is 19.7 Å². The van der Waals surface area contributed by atoms with Crippen molar-refractivity contribution in [3.8, 4) is 16.9 Å². The minimum atomic E-state index is -1.06. The smallest absolute Gasteiger partial charge is 0.410 e. The molecule has 3 aliphatic rings. The number of aromatic carboxylic acids is 1. The number of rotatable bonds is 4. The van der Waals surface area contributed by atoms with Gasteiger partial charge < -0.3 is 29.5 Å². The summed E-state index contributed by atoms with van der Waals surface area (Å²) in [6.07, 6.45) is 0.541. The van der Waals surface area contributed by atoms with E-state index in [0.717, 1.165) is 22.3 Å². The molecule has 0 radical (unpaired) electrons. The number of ether oxygens (including phenoxy) is 3. The van der Waals surface area contributed by atoms with Crippen LogP contribution in [0.5, 0.6) is 5.75 Å². The highest BCUT2D eigenvalue weighted by Crippen LogP contribution is 2.46. The molecule has 1 atom stereocenters. The van der Waals surface area contributed by atoms with E-state index >= 15 is 0 Å². The van der Waals surface area contributed by atoms with Crippen molar-refractivity contribution in [1.82, 2.24) is 10.2 Å². The summed E-state index contributed by atoms with van der Waals surface area (Å²) in [5.74, 6) is -0.623. The minimum Gasteiger partial charge on any atom is -0.487 e. The van der Waals surface area contributed by atoms with Gasteiger partial charge in [-0.15, -0.1) is 0 Å². The minimum absolute atomic E-state index is 0.0812. The van der Waals surface area contributed by atoms with Crippen LogP contribution in [0.1, 0.15) is 79.0 Å². The molecule has 2 heterocycles. The maximum absolute atomic E-state index is 13.3. The average Bonchev–Trinajstić information content (AvgIpc) is 3.29. The van der Waals surface area contributed by atoms with Crippen LogP contribution in [0, 0.1) is 0 Å². The number of carbonyl (C=O) groups excluding carboxylic acids is 2. The standard InChI is InChI=1S/C34H36N2O7/c1-33(2,3)43-32(40)36-16-14-34(15-17-36)19-28(26-18-21(30(37)38)12-13-29(26)42-34)35-31(39)41-20-27-24-10-6-4-8-22(24)23-9-5-7-11-25(23)27/h4-13,18,27-28H,14-17,19-20H2,1-3H3,(H,35,39)(H,37,38). The molecule has 0 saturated carbocycles. The number of piperidine rings is 1. The highest BCUT2D eigenvalue weighted by Gasteiger charge is 2.45. The molecule has 2 aliphatic heterocycles. The van der Waals surface area contributed by atoms with Crippen molar-refractivity contribution in [3.05, 3.63) is 89.0 Å². The van der Waals surface area contributed by atoms with Gasteiger partial charge in [0.1, 0.15) is 23.6 Å². The summed E-state index contributed by atoms with van der Waals surface area (Å²) >= 11 is 0. The van der Waals surface area contributed by atoms with Crippen LogP contribution in [0.3, 0.4) is 0 Å². The molecule has 1 spiro atoms. The summed E-state index contributed by atoms with van der Waals surface area (Å²) in [5, 5.41) is 12.6. The molecule has 1 saturated heterocycles. The Kier molecular flexibility index (Phi) is 7.28. The van der Waals surface area contributed by atoms with E-state index in [4.69, 9.17) is 14.2 Å². The number of nitrogens with zero attached hydrogens (tertiary/aromatic N) is 1. The fourth-order valence-corrected chi connectivity index (χ4v) is 6.44. The van der Waals surface area contributed by atoms with Crippen molar-refractivity contribution in [2.24, 2.45) is 0 Å². The number of carboxylic acids is 1. The third kappa shape index (κ3) is 5.76. The fourth-order valence-electron chi connectivity index (χ4n) is 6.44. The molecular formula is C34H36N2O7. The highest BCUT2D eigenvalue weighted by molar-refractivity contribution is 5.88. The Morgan fingerprint density at radius 3 is 2.19 bits per heavy atom. The van der Waals surface area contributed by atoms with Gasteiger partial charge in [-0.2, -0.15) is 0 Å². The third-order valence-electron chi connectivity index (χ3n) is 8.50. The zero-order valence-electron chi connectivity index (χ0n) is 24.6.